The fraction of sp³-hybridized carbons (Fsp3) is 0.462. The van der Waals surface area contributed by atoms with Gasteiger partial charge in [0.05, 0.1) is 31.3 Å². The number of carboxylic acid groups (broad SMARTS) is 1. The average Bonchev–Trinajstić information content (AvgIpc) is 2.83. The van der Waals surface area contributed by atoms with Gasteiger partial charge in [-0.2, -0.15) is 0 Å². The van der Waals surface area contributed by atoms with E-state index >= 15 is 0 Å². The number of nitrogens with one attached hydrogen (secondary N) is 1. The predicted molar refractivity (Wildman–Crippen MR) is 129 cm³/mol. The molecule has 2 fully saturated rings. The molecule has 2 aliphatic heterocycles. The highest BCUT2D eigenvalue weighted by molar-refractivity contribution is 5.94. The topological polar surface area (TPSA) is 85.4 Å². The Bertz CT molecular complexity index is 1080. The Hall–Kier alpha value is -3.17. The van der Waals surface area contributed by atoms with Gasteiger partial charge in [-0.1, -0.05) is 6.07 Å². The van der Waals surface area contributed by atoms with Crippen LogP contribution in [0.15, 0.2) is 42.5 Å². The molecule has 3 aliphatic rings. The lowest BCUT2D eigenvalue weighted by Gasteiger charge is -2.43. The van der Waals surface area contributed by atoms with Crippen molar-refractivity contribution in [2.75, 3.05) is 51.3 Å². The summed E-state index contributed by atoms with van der Waals surface area (Å²) in [6.45, 7) is 5.38. The molecular formula is C26H31FN4O4. The average molecular weight is 483 g/mol. The van der Waals surface area contributed by atoms with Crippen molar-refractivity contribution in [2.24, 2.45) is 0 Å². The molecule has 0 bridgehead atoms. The second kappa shape index (κ2) is 9.83. The fourth-order valence-corrected chi connectivity index (χ4v) is 5.31. The van der Waals surface area contributed by atoms with E-state index in [-0.39, 0.29) is 5.91 Å². The summed E-state index contributed by atoms with van der Waals surface area (Å²) in [4.78, 5) is 31.0. The van der Waals surface area contributed by atoms with Crippen LogP contribution in [0.25, 0.3) is 0 Å². The van der Waals surface area contributed by atoms with E-state index in [1.165, 1.54) is 29.2 Å². The van der Waals surface area contributed by atoms with Crippen LogP contribution in [-0.2, 0) is 11.2 Å². The van der Waals surface area contributed by atoms with E-state index in [9.17, 15) is 19.1 Å². The zero-order chi connectivity index (χ0) is 24.5. The number of fused-ring (bicyclic) bond motifs is 1. The summed E-state index contributed by atoms with van der Waals surface area (Å²) >= 11 is 0. The molecule has 2 atom stereocenters. The van der Waals surface area contributed by atoms with Crippen LogP contribution in [0.4, 0.5) is 14.9 Å². The fourth-order valence-electron chi connectivity index (χ4n) is 5.31. The molecule has 2 amide bonds. The largest absolute Gasteiger partial charge is 0.465 e. The first-order chi connectivity index (χ1) is 16.9. The van der Waals surface area contributed by atoms with Crippen molar-refractivity contribution in [2.45, 2.75) is 31.0 Å². The SMILES string of the molecule is CN(C(=O)O)[C@H]1CCc2ccc(N3CCN(C4COC4)CC3)cc2[C@@H]1NC(=O)c1ccc(F)cc1. The van der Waals surface area contributed by atoms with Gasteiger partial charge in [0.25, 0.3) is 5.91 Å². The Morgan fingerprint density at radius 3 is 2.43 bits per heavy atom. The molecule has 35 heavy (non-hydrogen) atoms. The van der Waals surface area contributed by atoms with Crippen LogP contribution in [0.3, 0.4) is 0 Å². The number of carbonyl (C=O) groups excluding carboxylic acids is 1. The van der Waals surface area contributed by atoms with Crippen LogP contribution in [0.5, 0.6) is 0 Å². The van der Waals surface area contributed by atoms with Gasteiger partial charge in [0.1, 0.15) is 5.82 Å². The number of aryl methyl sites for hydroxylation is 1. The van der Waals surface area contributed by atoms with Gasteiger partial charge in [0.15, 0.2) is 0 Å². The van der Waals surface area contributed by atoms with E-state index in [0.29, 0.717) is 18.0 Å². The Kier molecular flexibility index (Phi) is 6.62. The smallest absolute Gasteiger partial charge is 0.407 e. The Labute approximate surface area is 204 Å². The molecular weight excluding hydrogens is 451 g/mol. The standard InChI is InChI=1S/C26H31FN4O4/c1-29(26(33)34)23-9-5-17-4-8-20(30-10-12-31(13-11-30)21-15-35-16-21)14-22(17)24(23)28-25(32)18-2-6-19(27)7-3-18/h2-4,6-8,14,21,23-24H,5,9-13,15-16H2,1H3,(H,28,32)(H,33,34)/t23-,24-/m0/s1. The van der Waals surface area contributed by atoms with Gasteiger partial charge in [0.2, 0.25) is 0 Å². The van der Waals surface area contributed by atoms with Crippen molar-refractivity contribution in [1.29, 1.82) is 0 Å². The van der Waals surface area contributed by atoms with Crippen LogP contribution in [0, 0.1) is 5.82 Å². The van der Waals surface area contributed by atoms with Crippen LogP contribution in [0.2, 0.25) is 0 Å². The van der Waals surface area contributed by atoms with Crippen molar-refractivity contribution in [3.63, 3.8) is 0 Å². The molecule has 9 heteroatoms. The number of ether oxygens (including phenoxy) is 1. The summed E-state index contributed by atoms with van der Waals surface area (Å²) in [5.74, 6) is -0.768. The number of anilines is 1. The summed E-state index contributed by atoms with van der Waals surface area (Å²) in [6.07, 6.45) is 0.300. The van der Waals surface area contributed by atoms with Crippen molar-refractivity contribution < 1.29 is 23.8 Å². The first-order valence-corrected chi connectivity index (χ1v) is 12.1. The molecule has 2 aromatic rings. The molecule has 1 aliphatic carbocycles. The predicted octanol–water partition coefficient (Wildman–Crippen LogP) is 2.74. The number of benzene rings is 2. The van der Waals surface area contributed by atoms with Gasteiger partial charge in [-0.05, 0) is 60.4 Å². The number of hydrogen-bond donors (Lipinski definition) is 2. The monoisotopic (exact) mass is 482 g/mol. The number of rotatable bonds is 5. The zero-order valence-corrected chi connectivity index (χ0v) is 19.8. The van der Waals surface area contributed by atoms with Crippen molar-refractivity contribution in [3.05, 3.63) is 65.0 Å². The third-order valence-electron chi connectivity index (χ3n) is 7.57. The lowest BCUT2D eigenvalue weighted by Crippen LogP contribution is -2.56. The number of carbonyl (C=O) groups is 2. The van der Waals surface area contributed by atoms with Gasteiger partial charge < -0.3 is 25.0 Å². The Morgan fingerprint density at radius 2 is 1.80 bits per heavy atom. The van der Waals surface area contributed by atoms with E-state index in [0.717, 1.165) is 62.6 Å². The van der Waals surface area contributed by atoms with Gasteiger partial charge >= 0.3 is 6.09 Å². The number of amides is 2. The number of halogens is 1. The summed E-state index contributed by atoms with van der Waals surface area (Å²) in [6, 6.07) is 11.3. The van der Waals surface area contributed by atoms with Gasteiger partial charge in [-0.3, -0.25) is 9.69 Å². The van der Waals surface area contributed by atoms with E-state index in [2.05, 4.69) is 33.3 Å². The first-order valence-electron chi connectivity index (χ1n) is 12.1. The Morgan fingerprint density at radius 1 is 1.09 bits per heavy atom. The zero-order valence-electron chi connectivity index (χ0n) is 19.8. The second-order valence-corrected chi connectivity index (χ2v) is 9.55. The third-order valence-corrected chi connectivity index (χ3v) is 7.57. The van der Waals surface area contributed by atoms with E-state index in [4.69, 9.17) is 4.74 Å². The normalized spacial score (nSPS) is 22.7. The lowest BCUT2D eigenvalue weighted by molar-refractivity contribution is -0.0660. The van der Waals surface area contributed by atoms with Crippen LogP contribution in [0.1, 0.15) is 33.9 Å². The maximum absolute atomic E-state index is 13.4. The molecule has 0 saturated carbocycles. The molecule has 2 heterocycles. The van der Waals surface area contributed by atoms with Crippen molar-refractivity contribution in [1.82, 2.24) is 15.1 Å². The second-order valence-electron chi connectivity index (χ2n) is 9.55. The number of hydrogen-bond acceptors (Lipinski definition) is 5. The summed E-state index contributed by atoms with van der Waals surface area (Å²) in [5, 5.41) is 12.7. The Balaban J connectivity index is 1.40. The lowest BCUT2D eigenvalue weighted by atomic mass is 9.82. The molecule has 0 spiro atoms. The molecule has 8 nitrogen and oxygen atoms in total. The molecule has 2 aromatic carbocycles. The van der Waals surface area contributed by atoms with Gasteiger partial charge in [-0.25, -0.2) is 9.18 Å². The summed E-state index contributed by atoms with van der Waals surface area (Å²) in [7, 11) is 1.54. The molecule has 0 radical (unpaired) electrons. The minimum Gasteiger partial charge on any atom is -0.465 e. The minimum atomic E-state index is -1.04. The molecule has 186 valence electrons. The van der Waals surface area contributed by atoms with Gasteiger partial charge in [0, 0.05) is 44.5 Å². The highest BCUT2D eigenvalue weighted by atomic mass is 19.1. The highest BCUT2D eigenvalue weighted by Crippen LogP contribution is 2.36. The number of piperazine rings is 1. The third kappa shape index (κ3) is 4.83. The van der Waals surface area contributed by atoms with Crippen molar-refractivity contribution in [3.8, 4) is 0 Å². The number of nitrogens with zero attached hydrogens (tertiary/aromatic N) is 3. The quantitative estimate of drug-likeness (QED) is 0.682. The molecule has 0 aromatic heterocycles. The highest BCUT2D eigenvalue weighted by Gasteiger charge is 2.36. The van der Waals surface area contributed by atoms with Crippen molar-refractivity contribution >= 4 is 17.7 Å². The van der Waals surface area contributed by atoms with E-state index in [1.54, 1.807) is 7.05 Å². The van der Waals surface area contributed by atoms with E-state index < -0.39 is 24.0 Å². The minimum absolute atomic E-state index is 0.336. The number of likely N-dealkylation sites (N-methyl/N-ethyl adjacent to an activating group) is 1. The van der Waals surface area contributed by atoms with Crippen LogP contribution >= 0.6 is 0 Å². The van der Waals surface area contributed by atoms with Gasteiger partial charge in [-0.15, -0.1) is 0 Å². The maximum atomic E-state index is 13.4. The van der Waals surface area contributed by atoms with E-state index in [1.807, 2.05) is 0 Å². The van der Waals surface area contributed by atoms with Crippen LogP contribution in [-0.4, -0.2) is 85.4 Å². The molecule has 5 rings (SSSR count). The van der Waals surface area contributed by atoms with Crippen LogP contribution < -0.4 is 10.2 Å². The molecule has 0 unspecified atom stereocenters. The molecule has 2 N–H and O–H groups in total. The summed E-state index contributed by atoms with van der Waals surface area (Å²) in [5.41, 5.74) is 3.46. The summed E-state index contributed by atoms with van der Waals surface area (Å²) < 4.78 is 18.7. The first kappa shape index (κ1) is 23.6. The maximum Gasteiger partial charge on any atom is 0.407 e. The molecule has 2 saturated heterocycles.